The van der Waals surface area contributed by atoms with E-state index < -0.39 is 6.61 Å². The first-order chi connectivity index (χ1) is 13.4. The van der Waals surface area contributed by atoms with E-state index in [1.54, 1.807) is 24.0 Å². The summed E-state index contributed by atoms with van der Waals surface area (Å²) in [6.45, 7) is -1.10. The van der Waals surface area contributed by atoms with Gasteiger partial charge in [-0.2, -0.15) is 8.78 Å². The van der Waals surface area contributed by atoms with Crippen molar-refractivity contribution in [1.82, 2.24) is 25.2 Å². The molecule has 1 N–H and O–H groups in total. The monoisotopic (exact) mass is 427 g/mol. The van der Waals surface area contributed by atoms with Crippen molar-refractivity contribution in [2.24, 2.45) is 0 Å². The van der Waals surface area contributed by atoms with E-state index in [0.29, 0.717) is 29.2 Å². The average Bonchev–Trinajstić information content (AvgIpc) is 3.22. The molecule has 2 saturated heterocycles. The first-order valence-corrected chi connectivity index (χ1v) is 9.43. The van der Waals surface area contributed by atoms with Crippen molar-refractivity contribution in [2.45, 2.75) is 57.3 Å². The van der Waals surface area contributed by atoms with Gasteiger partial charge in [0.25, 0.3) is 5.91 Å². The Bertz CT molecular complexity index is 849. The molecule has 29 heavy (non-hydrogen) atoms. The van der Waals surface area contributed by atoms with Crippen LogP contribution in [0, 0.1) is 6.92 Å². The number of nitrogens with zero attached hydrogens (tertiary/aromatic N) is 4. The lowest BCUT2D eigenvalue weighted by Gasteiger charge is -2.35. The first kappa shape index (κ1) is 21.4. The average molecular weight is 428 g/mol. The fraction of sp³-hybridized carbons (Fsp3) is 0.526. The Hall–Kier alpha value is -2.26. The molecule has 2 aliphatic heterocycles. The van der Waals surface area contributed by atoms with Crippen LogP contribution in [0.1, 0.15) is 41.9 Å². The van der Waals surface area contributed by atoms with E-state index in [1.165, 1.54) is 29.7 Å². The van der Waals surface area contributed by atoms with Gasteiger partial charge in [0, 0.05) is 25.2 Å². The molecule has 0 radical (unpaired) electrons. The number of fused-ring (bicyclic) bond motifs is 2. The number of piperidine rings is 1. The number of hydrogen-bond donors (Lipinski definition) is 1. The van der Waals surface area contributed by atoms with Crippen LogP contribution >= 0.6 is 12.4 Å². The van der Waals surface area contributed by atoms with Gasteiger partial charge in [-0.3, -0.25) is 4.79 Å². The maximum absolute atomic E-state index is 13.0. The van der Waals surface area contributed by atoms with Crippen LogP contribution in [0.4, 0.5) is 8.78 Å². The zero-order valence-electron chi connectivity index (χ0n) is 16.2. The van der Waals surface area contributed by atoms with Crippen molar-refractivity contribution < 1.29 is 18.3 Å². The lowest BCUT2D eigenvalue weighted by molar-refractivity contribution is -0.0498. The third-order valence-corrected chi connectivity index (χ3v) is 5.72. The Labute approximate surface area is 173 Å². The number of benzene rings is 1. The number of rotatable bonds is 5. The zero-order chi connectivity index (χ0) is 19.8. The molecule has 3 heterocycles. The standard InChI is InChI=1S/C19H23F2N5O2.ClH/c1-11-17(18(27)25(2)15-9-12-3-4-13(10-15)22-12)23-24-26(11)14-5-7-16(8-6-14)28-19(20)21;/h5-8,12-13,15,19,22H,3-4,9-10H2,1-2H3;1H. The molecule has 0 saturated carbocycles. The summed E-state index contributed by atoms with van der Waals surface area (Å²) in [6.07, 6.45) is 4.25. The van der Waals surface area contributed by atoms with Crippen molar-refractivity contribution in [1.29, 1.82) is 0 Å². The van der Waals surface area contributed by atoms with Crippen LogP contribution in [0.15, 0.2) is 24.3 Å². The van der Waals surface area contributed by atoms with Gasteiger partial charge >= 0.3 is 6.61 Å². The van der Waals surface area contributed by atoms with E-state index in [2.05, 4.69) is 20.4 Å². The zero-order valence-corrected chi connectivity index (χ0v) is 17.0. The summed E-state index contributed by atoms with van der Waals surface area (Å²) in [4.78, 5) is 14.8. The van der Waals surface area contributed by atoms with Gasteiger partial charge in [0.05, 0.1) is 11.4 Å². The van der Waals surface area contributed by atoms with Crippen molar-refractivity contribution in [2.75, 3.05) is 7.05 Å². The third-order valence-electron chi connectivity index (χ3n) is 5.72. The van der Waals surface area contributed by atoms with E-state index in [1.807, 2.05) is 7.05 Å². The number of nitrogens with one attached hydrogen (secondary N) is 1. The summed E-state index contributed by atoms with van der Waals surface area (Å²) in [7, 11) is 1.83. The van der Waals surface area contributed by atoms with E-state index in [0.717, 1.165) is 12.8 Å². The van der Waals surface area contributed by atoms with Crippen LogP contribution in [0.5, 0.6) is 5.75 Å². The van der Waals surface area contributed by atoms with Crippen LogP contribution in [-0.4, -0.2) is 57.6 Å². The lowest BCUT2D eigenvalue weighted by atomic mass is 9.98. The number of carbonyl (C=O) groups excluding carboxylic acids is 1. The summed E-state index contributed by atoms with van der Waals surface area (Å²) >= 11 is 0. The number of carbonyl (C=O) groups is 1. The maximum atomic E-state index is 13.0. The Morgan fingerprint density at radius 2 is 1.86 bits per heavy atom. The van der Waals surface area contributed by atoms with Gasteiger partial charge in [0.1, 0.15) is 5.75 Å². The fourth-order valence-corrected chi connectivity index (χ4v) is 4.22. The van der Waals surface area contributed by atoms with E-state index in [4.69, 9.17) is 0 Å². The highest BCUT2D eigenvalue weighted by Gasteiger charge is 2.37. The molecule has 1 aromatic carbocycles. The number of aromatic nitrogens is 3. The topological polar surface area (TPSA) is 72.3 Å². The van der Waals surface area contributed by atoms with Crippen molar-refractivity contribution >= 4 is 18.3 Å². The van der Waals surface area contributed by atoms with Gasteiger partial charge in [-0.05, 0) is 56.9 Å². The van der Waals surface area contributed by atoms with Gasteiger partial charge in [-0.15, -0.1) is 17.5 Å². The highest BCUT2D eigenvalue weighted by Crippen LogP contribution is 2.30. The molecular weight excluding hydrogens is 404 g/mol. The molecule has 1 amide bonds. The van der Waals surface area contributed by atoms with Crippen LogP contribution in [0.3, 0.4) is 0 Å². The SMILES string of the molecule is Cc1c(C(=O)N(C)C2CC3CCC(C2)N3)nnn1-c1ccc(OC(F)F)cc1.Cl. The Morgan fingerprint density at radius 3 is 2.45 bits per heavy atom. The van der Waals surface area contributed by atoms with E-state index in [9.17, 15) is 13.6 Å². The largest absolute Gasteiger partial charge is 0.435 e. The van der Waals surface area contributed by atoms with E-state index >= 15 is 0 Å². The quantitative estimate of drug-likeness (QED) is 0.794. The van der Waals surface area contributed by atoms with Crippen LogP contribution in [0.2, 0.25) is 0 Å². The number of hydrogen-bond acceptors (Lipinski definition) is 5. The molecule has 0 aliphatic carbocycles. The summed E-state index contributed by atoms with van der Waals surface area (Å²) in [5, 5.41) is 11.8. The molecule has 2 unspecified atom stereocenters. The van der Waals surface area contributed by atoms with Crippen LogP contribution in [0.25, 0.3) is 5.69 Å². The molecule has 0 spiro atoms. The predicted molar refractivity (Wildman–Crippen MR) is 105 cm³/mol. The van der Waals surface area contributed by atoms with Gasteiger partial charge in [-0.1, -0.05) is 5.21 Å². The number of ether oxygens (including phenoxy) is 1. The van der Waals surface area contributed by atoms with Gasteiger partial charge in [-0.25, -0.2) is 4.68 Å². The molecule has 4 rings (SSSR count). The molecule has 158 valence electrons. The highest BCUT2D eigenvalue weighted by molar-refractivity contribution is 5.93. The second-order valence-electron chi connectivity index (χ2n) is 7.49. The molecule has 7 nitrogen and oxygen atoms in total. The molecule has 2 bridgehead atoms. The molecule has 1 aromatic heterocycles. The summed E-state index contributed by atoms with van der Waals surface area (Å²) < 4.78 is 30.5. The van der Waals surface area contributed by atoms with Crippen molar-refractivity contribution in [3.05, 3.63) is 35.7 Å². The Balaban J connectivity index is 0.00000240. The summed E-state index contributed by atoms with van der Waals surface area (Å²) in [5.74, 6) is -0.0826. The van der Waals surface area contributed by atoms with E-state index in [-0.39, 0.29) is 30.1 Å². The molecule has 2 fully saturated rings. The maximum Gasteiger partial charge on any atom is 0.387 e. The normalized spacial score (nSPS) is 23.0. The van der Waals surface area contributed by atoms with Crippen molar-refractivity contribution in [3.8, 4) is 11.4 Å². The highest BCUT2D eigenvalue weighted by atomic mass is 35.5. The fourth-order valence-electron chi connectivity index (χ4n) is 4.22. The minimum absolute atomic E-state index is 0. The molecule has 2 aliphatic rings. The predicted octanol–water partition coefficient (Wildman–Crippen LogP) is 2.95. The molecule has 2 atom stereocenters. The first-order valence-electron chi connectivity index (χ1n) is 9.43. The van der Waals surface area contributed by atoms with Crippen molar-refractivity contribution in [3.63, 3.8) is 0 Å². The van der Waals surface area contributed by atoms with Crippen LogP contribution < -0.4 is 10.1 Å². The summed E-state index contributed by atoms with van der Waals surface area (Å²) in [6, 6.07) is 7.24. The van der Waals surface area contributed by atoms with Gasteiger partial charge < -0.3 is 15.0 Å². The van der Waals surface area contributed by atoms with Gasteiger partial charge in [0.2, 0.25) is 0 Å². The Morgan fingerprint density at radius 1 is 1.24 bits per heavy atom. The number of amides is 1. The second-order valence-corrected chi connectivity index (χ2v) is 7.49. The third kappa shape index (κ3) is 4.35. The lowest BCUT2D eigenvalue weighted by Crippen LogP contribution is -2.48. The Kier molecular flexibility index (Phi) is 6.38. The second kappa shape index (κ2) is 8.62. The molecular formula is C19H24ClF2N5O2. The smallest absolute Gasteiger partial charge is 0.387 e. The number of halogens is 3. The molecule has 10 heteroatoms. The number of alkyl halides is 2. The molecule has 2 aromatic rings. The van der Waals surface area contributed by atoms with Crippen LogP contribution in [-0.2, 0) is 0 Å². The summed E-state index contributed by atoms with van der Waals surface area (Å²) in [5.41, 5.74) is 1.53. The minimum Gasteiger partial charge on any atom is -0.435 e. The minimum atomic E-state index is -2.87. The van der Waals surface area contributed by atoms with Gasteiger partial charge in [0.15, 0.2) is 5.69 Å².